The average molecular weight is 489 g/mol. The Labute approximate surface area is 211 Å². The molecule has 35 heavy (non-hydrogen) atoms. The molecule has 6 rings (SSSR count). The molecule has 5 nitrogen and oxygen atoms in total. The van der Waals surface area contributed by atoms with Crippen LogP contribution in [0.4, 0.5) is 0 Å². The molecule has 0 aromatic carbocycles. The van der Waals surface area contributed by atoms with Gasteiger partial charge in [-0.25, -0.2) is 0 Å². The Morgan fingerprint density at radius 2 is 1.63 bits per heavy atom. The van der Waals surface area contributed by atoms with E-state index in [1.54, 1.807) is 0 Å². The molecule has 1 heterocycles. The number of fused-ring (bicyclic) bond motifs is 7. The molecule has 198 valence electrons. The van der Waals surface area contributed by atoms with Crippen LogP contribution in [0.25, 0.3) is 0 Å². The van der Waals surface area contributed by atoms with E-state index in [1.165, 1.54) is 5.57 Å². The summed E-state index contributed by atoms with van der Waals surface area (Å²) in [6.45, 7) is 14.0. The molecule has 0 radical (unpaired) electrons. The molecule has 3 unspecified atom stereocenters. The number of allylic oxidation sites excluding steroid dienone is 2. The smallest absolute Gasteiger partial charge is 0.0916 e. The third-order valence-electron chi connectivity index (χ3n) is 13.8. The Morgan fingerprint density at radius 3 is 2.29 bits per heavy atom. The molecule has 12 atom stereocenters. The average Bonchev–Trinajstić information content (AvgIpc) is 3.05. The van der Waals surface area contributed by atoms with Gasteiger partial charge < -0.3 is 25.2 Å². The molecule has 0 amide bonds. The zero-order valence-electron chi connectivity index (χ0n) is 22.7. The van der Waals surface area contributed by atoms with Crippen LogP contribution in [0.5, 0.6) is 0 Å². The molecule has 1 saturated heterocycles. The van der Waals surface area contributed by atoms with E-state index in [9.17, 15) is 20.4 Å². The number of hydrogen-bond acceptors (Lipinski definition) is 5. The van der Waals surface area contributed by atoms with Crippen molar-refractivity contribution in [2.24, 2.45) is 50.2 Å². The van der Waals surface area contributed by atoms with Crippen molar-refractivity contribution < 1.29 is 25.2 Å². The van der Waals surface area contributed by atoms with Crippen LogP contribution >= 0.6 is 0 Å². The summed E-state index contributed by atoms with van der Waals surface area (Å²) >= 11 is 0. The van der Waals surface area contributed by atoms with Crippen molar-refractivity contribution in [1.29, 1.82) is 0 Å². The van der Waals surface area contributed by atoms with Crippen molar-refractivity contribution in [3.63, 3.8) is 0 Å². The molecule has 1 aliphatic heterocycles. The number of ether oxygens (including phenoxy) is 1. The number of aliphatic hydroxyl groups excluding tert-OH is 4. The highest BCUT2D eigenvalue weighted by Gasteiger charge is 2.75. The minimum atomic E-state index is -0.624. The van der Waals surface area contributed by atoms with Crippen LogP contribution in [0.2, 0.25) is 0 Å². The van der Waals surface area contributed by atoms with Crippen LogP contribution in [0, 0.1) is 50.2 Å². The monoisotopic (exact) mass is 488 g/mol. The van der Waals surface area contributed by atoms with Gasteiger partial charge in [-0.2, -0.15) is 0 Å². The fourth-order valence-corrected chi connectivity index (χ4v) is 11.5. The first kappa shape index (κ1) is 24.9. The van der Waals surface area contributed by atoms with Crippen LogP contribution < -0.4 is 0 Å². The zero-order valence-corrected chi connectivity index (χ0v) is 22.7. The highest BCUT2D eigenvalue weighted by molar-refractivity contribution is 5.37. The Hall–Kier alpha value is -0.460. The summed E-state index contributed by atoms with van der Waals surface area (Å²) in [5, 5.41) is 43.7. The molecule has 5 heteroatoms. The van der Waals surface area contributed by atoms with Crippen LogP contribution in [0.15, 0.2) is 11.6 Å². The Morgan fingerprint density at radius 1 is 0.914 bits per heavy atom. The van der Waals surface area contributed by atoms with Gasteiger partial charge in [0.15, 0.2) is 0 Å². The van der Waals surface area contributed by atoms with Crippen molar-refractivity contribution in [2.75, 3.05) is 13.2 Å². The minimum Gasteiger partial charge on any atom is -0.396 e. The Bertz CT molecular complexity index is 945. The van der Waals surface area contributed by atoms with E-state index in [1.807, 2.05) is 0 Å². The maximum atomic E-state index is 11.5. The van der Waals surface area contributed by atoms with E-state index in [4.69, 9.17) is 4.74 Å². The largest absolute Gasteiger partial charge is 0.396 e. The summed E-state index contributed by atoms with van der Waals surface area (Å²) in [5.41, 5.74) is 0.390. The first-order chi connectivity index (χ1) is 16.3. The second-order valence-electron chi connectivity index (χ2n) is 15.2. The molecule has 0 aromatic heterocycles. The maximum absolute atomic E-state index is 11.5. The van der Waals surface area contributed by atoms with Gasteiger partial charge in [0.2, 0.25) is 0 Å². The van der Waals surface area contributed by atoms with Gasteiger partial charge in [0.25, 0.3) is 0 Å². The summed E-state index contributed by atoms with van der Waals surface area (Å²) in [5.74, 6) is 0.915. The van der Waals surface area contributed by atoms with E-state index in [-0.39, 0.29) is 53.0 Å². The lowest BCUT2D eigenvalue weighted by atomic mass is 9.33. The molecule has 5 aliphatic carbocycles. The first-order valence-corrected chi connectivity index (χ1v) is 14.2. The molecule has 0 spiro atoms. The topological polar surface area (TPSA) is 90.2 Å². The van der Waals surface area contributed by atoms with Gasteiger partial charge >= 0.3 is 0 Å². The normalized spacial score (nSPS) is 60.3. The number of hydrogen-bond donors (Lipinski definition) is 4. The second kappa shape index (κ2) is 7.14. The summed E-state index contributed by atoms with van der Waals surface area (Å²) in [7, 11) is 0. The van der Waals surface area contributed by atoms with Crippen molar-refractivity contribution in [2.45, 2.75) is 111 Å². The number of rotatable bonds is 2. The predicted octanol–water partition coefficient (Wildman–Crippen LogP) is 4.07. The predicted molar refractivity (Wildman–Crippen MR) is 134 cm³/mol. The third kappa shape index (κ3) is 2.59. The van der Waals surface area contributed by atoms with Gasteiger partial charge in [-0.05, 0) is 84.4 Å². The quantitative estimate of drug-likeness (QED) is 0.440. The molecular weight excluding hydrogens is 440 g/mol. The molecule has 0 aromatic rings. The molecule has 5 fully saturated rings. The molecule has 2 bridgehead atoms. The fourth-order valence-electron chi connectivity index (χ4n) is 11.5. The zero-order chi connectivity index (χ0) is 25.4. The standard InChI is InChI=1S/C30H48O5/c1-25(2)13-18-17-7-8-20-26(3)11-10-21(33)27(4,15-31)19(26)9-12-28(20,5)29(17,6)14-22-30(18,16-32)23(34)24(25)35-22/h7,18-24,31-34H,8-16H2,1-6H3/t18?,19?,20?,21-,22+,23-,24+,26-,27+,28+,29+,30-/m0/s1. The van der Waals surface area contributed by atoms with Crippen LogP contribution in [0.1, 0.15) is 86.5 Å². The Kier molecular flexibility index (Phi) is 5.07. The molecular formula is C30H48O5. The summed E-state index contributed by atoms with van der Waals surface area (Å²) < 4.78 is 6.71. The fraction of sp³-hybridized carbons (Fsp3) is 0.933. The number of aliphatic hydroxyl groups is 4. The van der Waals surface area contributed by atoms with Crippen molar-refractivity contribution in [3.8, 4) is 0 Å². The van der Waals surface area contributed by atoms with E-state index >= 15 is 0 Å². The van der Waals surface area contributed by atoms with Gasteiger partial charge in [0.1, 0.15) is 0 Å². The van der Waals surface area contributed by atoms with Crippen LogP contribution in [0.3, 0.4) is 0 Å². The van der Waals surface area contributed by atoms with E-state index in [2.05, 4.69) is 47.6 Å². The van der Waals surface area contributed by atoms with Gasteiger partial charge in [0, 0.05) is 5.41 Å². The summed E-state index contributed by atoms with van der Waals surface area (Å²) in [6, 6.07) is 0. The molecule has 6 aliphatic rings. The van der Waals surface area contributed by atoms with Crippen molar-refractivity contribution in [1.82, 2.24) is 0 Å². The van der Waals surface area contributed by atoms with Crippen molar-refractivity contribution in [3.05, 3.63) is 11.6 Å². The van der Waals surface area contributed by atoms with Gasteiger partial charge in [-0.1, -0.05) is 53.2 Å². The lowest BCUT2D eigenvalue weighted by Crippen LogP contribution is -2.68. The van der Waals surface area contributed by atoms with E-state index in [0.717, 1.165) is 44.9 Å². The third-order valence-corrected chi connectivity index (χ3v) is 13.8. The minimum absolute atomic E-state index is 0.0177. The van der Waals surface area contributed by atoms with E-state index in [0.29, 0.717) is 11.8 Å². The Balaban J connectivity index is 1.47. The van der Waals surface area contributed by atoms with E-state index < -0.39 is 23.0 Å². The molecule has 4 N–H and O–H groups in total. The summed E-state index contributed by atoms with van der Waals surface area (Å²) in [6.07, 6.45) is 7.78. The second-order valence-corrected chi connectivity index (χ2v) is 15.2. The molecule has 4 saturated carbocycles. The first-order valence-electron chi connectivity index (χ1n) is 14.2. The lowest BCUT2D eigenvalue weighted by molar-refractivity contribution is -0.221. The lowest BCUT2D eigenvalue weighted by Gasteiger charge is -2.71. The highest BCUT2D eigenvalue weighted by Crippen LogP contribution is 2.77. The van der Waals surface area contributed by atoms with Crippen LogP contribution in [-0.2, 0) is 4.74 Å². The van der Waals surface area contributed by atoms with Gasteiger partial charge in [-0.3, -0.25) is 0 Å². The van der Waals surface area contributed by atoms with Crippen molar-refractivity contribution >= 4 is 0 Å². The van der Waals surface area contributed by atoms with Gasteiger partial charge in [-0.15, -0.1) is 0 Å². The highest BCUT2D eigenvalue weighted by atomic mass is 16.5. The maximum Gasteiger partial charge on any atom is 0.0916 e. The summed E-state index contributed by atoms with van der Waals surface area (Å²) in [4.78, 5) is 0. The van der Waals surface area contributed by atoms with Crippen LogP contribution in [-0.4, -0.2) is 58.1 Å². The SMILES string of the molecule is CC1(C)CC2C3=CCC4[C@@]5(C)CC[C@H](O)[C@](C)(CO)C5CC[C@@]4(C)[C@]3(C)C[C@H]3O[C@@H]1[C@H](O)[C@@]23CO. The van der Waals surface area contributed by atoms with Gasteiger partial charge in [0.05, 0.1) is 43.0 Å².